The molecule has 1 aromatic rings. The minimum absolute atomic E-state index is 0.0601. The number of hydrogen-bond donors (Lipinski definition) is 0. The third kappa shape index (κ3) is 2.47. The zero-order valence-corrected chi connectivity index (χ0v) is 12.6. The average Bonchev–Trinajstić information content (AvgIpc) is 2.93. The van der Waals surface area contributed by atoms with Crippen LogP contribution in [0.15, 0.2) is 16.7 Å². The van der Waals surface area contributed by atoms with Crippen LogP contribution in [0.3, 0.4) is 0 Å². The Bertz CT molecular complexity index is 444. The Morgan fingerprint density at radius 2 is 2.39 bits per heavy atom. The highest BCUT2D eigenvalue weighted by atomic mass is 79.9. The van der Waals surface area contributed by atoms with Gasteiger partial charge in [-0.1, -0.05) is 0 Å². The van der Waals surface area contributed by atoms with E-state index in [-0.39, 0.29) is 18.1 Å². The van der Waals surface area contributed by atoms with Crippen LogP contribution in [-0.2, 0) is 11.3 Å². The molecule has 5 heteroatoms. The number of likely N-dealkylation sites (N-methyl/N-ethyl adjacent to an activating group) is 1. The summed E-state index contributed by atoms with van der Waals surface area (Å²) in [5.41, 5.74) is 0.728. The number of ether oxygens (including phenoxy) is 1. The number of nitrogens with zero attached hydrogens (tertiary/aromatic N) is 2. The number of amides is 1. The molecule has 2 rings (SSSR count). The number of carbonyl (C=O) groups excluding carboxylic acids is 1. The molecule has 2 unspecified atom stereocenters. The first kappa shape index (κ1) is 13.6. The van der Waals surface area contributed by atoms with Crippen LogP contribution in [0.25, 0.3) is 0 Å². The number of carbonyl (C=O) groups is 1. The topological polar surface area (TPSA) is 34.5 Å². The van der Waals surface area contributed by atoms with E-state index in [0.29, 0.717) is 0 Å². The second-order valence-electron chi connectivity index (χ2n) is 4.68. The molecule has 1 aliphatic heterocycles. The van der Waals surface area contributed by atoms with Gasteiger partial charge in [-0.15, -0.1) is 0 Å². The van der Waals surface area contributed by atoms with Crippen molar-refractivity contribution in [1.82, 2.24) is 9.47 Å². The van der Waals surface area contributed by atoms with Crippen LogP contribution in [0.2, 0.25) is 0 Å². The number of aromatic nitrogens is 1. The lowest BCUT2D eigenvalue weighted by atomic mass is 10.1. The van der Waals surface area contributed by atoms with E-state index >= 15 is 0 Å². The van der Waals surface area contributed by atoms with Gasteiger partial charge in [0.2, 0.25) is 0 Å². The molecule has 0 N–H and O–H groups in total. The van der Waals surface area contributed by atoms with E-state index in [1.807, 2.05) is 42.6 Å². The van der Waals surface area contributed by atoms with Crippen molar-refractivity contribution in [3.05, 3.63) is 22.4 Å². The zero-order valence-electron chi connectivity index (χ0n) is 11.0. The Morgan fingerprint density at radius 3 is 2.94 bits per heavy atom. The molecule has 1 amide bonds. The molecule has 2 heterocycles. The Labute approximate surface area is 116 Å². The van der Waals surface area contributed by atoms with Crippen molar-refractivity contribution < 1.29 is 9.53 Å². The van der Waals surface area contributed by atoms with Crippen LogP contribution < -0.4 is 0 Å². The van der Waals surface area contributed by atoms with Crippen LogP contribution >= 0.6 is 15.9 Å². The molecule has 0 aromatic carbocycles. The van der Waals surface area contributed by atoms with Crippen molar-refractivity contribution >= 4 is 21.8 Å². The van der Waals surface area contributed by atoms with Crippen LogP contribution in [0.1, 0.15) is 30.8 Å². The van der Waals surface area contributed by atoms with E-state index < -0.39 is 0 Å². The maximum atomic E-state index is 12.5. The minimum Gasteiger partial charge on any atom is -0.376 e. The zero-order chi connectivity index (χ0) is 13.3. The van der Waals surface area contributed by atoms with Crippen LogP contribution in [0.5, 0.6) is 0 Å². The van der Waals surface area contributed by atoms with E-state index in [1.54, 1.807) is 0 Å². The van der Waals surface area contributed by atoms with E-state index in [1.165, 1.54) is 0 Å². The smallest absolute Gasteiger partial charge is 0.270 e. The summed E-state index contributed by atoms with van der Waals surface area (Å²) in [5.74, 6) is 0.0601. The molecular weight excluding hydrogens is 296 g/mol. The summed E-state index contributed by atoms with van der Waals surface area (Å²) < 4.78 is 8.43. The van der Waals surface area contributed by atoms with Gasteiger partial charge in [0, 0.05) is 30.9 Å². The third-order valence-corrected chi connectivity index (χ3v) is 4.01. The first-order valence-corrected chi connectivity index (χ1v) is 7.08. The summed E-state index contributed by atoms with van der Waals surface area (Å²) in [6.07, 6.45) is 2.97. The van der Waals surface area contributed by atoms with Gasteiger partial charge in [-0.3, -0.25) is 4.79 Å². The molecule has 0 saturated carbocycles. The highest BCUT2D eigenvalue weighted by molar-refractivity contribution is 9.10. The van der Waals surface area contributed by atoms with Crippen molar-refractivity contribution in [3.63, 3.8) is 0 Å². The van der Waals surface area contributed by atoms with Crippen LogP contribution in [-0.4, -0.2) is 41.2 Å². The average molecular weight is 315 g/mol. The Kier molecular flexibility index (Phi) is 4.12. The summed E-state index contributed by atoms with van der Waals surface area (Å²) >= 11 is 3.42. The lowest BCUT2D eigenvalue weighted by Crippen LogP contribution is -2.41. The molecular formula is C13H19BrN2O2. The molecule has 0 bridgehead atoms. The molecule has 1 saturated heterocycles. The van der Waals surface area contributed by atoms with Gasteiger partial charge >= 0.3 is 0 Å². The van der Waals surface area contributed by atoms with E-state index in [9.17, 15) is 4.79 Å². The number of aryl methyl sites for hydroxylation is 1. The molecule has 0 radical (unpaired) electrons. The number of halogens is 1. The second kappa shape index (κ2) is 5.45. The Balaban J connectivity index is 2.19. The number of rotatable bonds is 3. The predicted octanol–water partition coefficient (Wildman–Crippen LogP) is 2.52. The summed E-state index contributed by atoms with van der Waals surface area (Å²) in [7, 11) is 1.86. The van der Waals surface area contributed by atoms with Crippen LogP contribution in [0.4, 0.5) is 0 Å². The predicted molar refractivity (Wildman–Crippen MR) is 73.7 cm³/mol. The highest BCUT2D eigenvalue weighted by Gasteiger charge is 2.31. The monoisotopic (exact) mass is 314 g/mol. The number of hydrogen-bond acceptors (Lipinski definition) is 2. The largest absolute Gasteiger partial charge is 0.376 e. The van der Waals surface area contributed by atoms with Gasteiger partial charge < -0.3 is 14.2 Å². The summed E-state index contributed by atoms with van der Waals surface area (Å²) in [6, 6.07) is 2.06. The maximum Gasteiger partial charge on any atom is 0.270 e. The molecule has 1 aliphatic rings. The third-order valence-electron chi connectivity index (χ3n) is 3.58. The lowest BCUT2D eigenvalue weighted by molar-refractivity contribution is 0.0566. The standard InChI is InChI=1S/C13H19BrN2O2/c1-4-16-8-10(14)7-12(16)13(17)15(3)11-5-6-18-9(11)2/h7-9,11H,4-6H2,1-3H3. The first-order valence-electron chi connectivity index (χ1n) is 6.29. The summed E-state index contributed by atoms with van der Waals surface area (Å²) in [6.45, 7) is 5.58. The first-order chi connectivity index (χ1) is 8.54. The molecule has 4 nitrogen and oxygen atoms in total. The Morgan fingerprint density at radius 1 is 1.67 bits per heavy atom. The molecule has 100 valence electrons. The van der Waals surface area contributed by atoms with Crippen molar-refractivity contribution in [2.75, 3.05) is 13.7 Å². The van der Waals surface area contributed by atoms with Gasteiger partial charge in [0.15, 0.2) is 0 Å². The van der Waals surface area contributed by atoms with Crippen molar-refractivity contribution in [1.29, 1.82) is 0 Å². The van der Waals surface area contributed by atoms with E-state index in [4.69, 9.17) is 4.74 Å². The molecule has 1 aromatic heterocycles. The molecule has 18 heavy (non-hydrogen) atoms. The van der Waals surface area contributed by atoms with Gasteiger partial charge in [-0.05, 0) is 42.3 Å². The van der Waals surface area contributed by atoms with Gasteiger partial charge in [0.05, 0.1) is 12.1 Å². The fourth-order valence-corrected chi connectivity index (χ4v) is 2.94. The van der Waals surface area contributed by atoms with Gasteiger partial charge in [-0.25, -0.2) is 0 Å². The van der Waals surface area contributed by atoms with E-state index in [0.717, 1.165) is 29.7 Å². The van der Waals surface area contributed by atoms with Crippen molar-refractivity contribution in [3.8, 4) is 0 Å². The lowest BCUT2D eigenvalue weighted by Gasteiger charge is -2.27. The van der Waals surface area contributed by atoms with Gasteiger partial charge in [-0.2, -0.15) is 0 Å². The maximum absolute atomic E-state index is 12.5. The molecule has 0 aliphatic carbocycles. The van der Waals surface area contributed by atoms with E-state index in [2.05, 4.69) is 15.9 Å². The summed E-state index contributed by atoms with van der Waals surface area (Å²) in [4.78, 5) is 14.3. The molecule has 0 spiro atoms. The van der Waals surface area contributed by atoms with Crippen LogP contribution in [0, 0.1) is 0 Å². The fourth-order valence-electron chi connectivity index (χ4n) is 2.48. The van der Waals surface area contributed by atoms with Gasteiger partial charge in [0.25, 0.3) is 5.91 Å². The fraction of sp³-hybridized carbons (Fsp3) is 0.615. The minimum atomic E-state index is 0.0601. The normalized spacial score (nSPS) is 23.3. The quantitative estimate of drug-likeness (QED) is 0.859. The SMILES string of the molecule is CCn1cc(Br)cc1C(=O)N(C)C1CCOC1C. The highest BCUT2D eigenvalue weighted by Crippen LogP contribution is 2.22. The van der Waals surface area contributed by atoms with Crippen molar-refractivity contribution in [2.24, 2.45) is 0 Å². The van der Waals surface area contributed by atoms with Gasteiger partial charge in [0.1, 0.15) is 5.69 Å². The summed E-state index contributed by atoms with van der Waals surface area (Å²) in [5, 5.41) is 0. The second-order valence-corrected chi connectivity index (χ2v) is 5.59. The molecule has 1 fully saturated rings. The molecule has 2 atom stereocenters. The Hall–Kier alpha value is -0.810. The van der Waals surface area contributed by atoms with Crippen molar-refractivity contribution in [2.45, 2.75) is 39.0 Å².